The van der Waals surface area contributed by atoms with Crippen LogP contribution in [0.1, 0.15) is 39.3 Å². The molecule has 3 nitrogen and oxygen atoms in total. The van der Waals surface area contributed by atoms with Crippen molar-refractivity contribution in [2.24, 2.45) is 5.84 Å². The number of likely N-dealkylation sites (N-methyl/N-ethyl adjacent to an activating group) is 1. The molecule has 0 bridgehead atoms. The van der Waals surface area contributed by atoms with Crippen molar-refractivity contribution in [2.45, 2.75) is 39.3 Å². The van der Waals surface area contributed by atoms with Gasteiger partial charge in [-0.2, -0.15) is 0 Å². The Morgan fingerprint density at radius 3 is 2.00 bits per heavy atom. The summed E-state index contributed by atoms with van der Waals surface area (Å²) in [6.45, 7) is 9.77. The fraction of sp³-hybridized carbons (Fsp3) is 0.571. The van der Waals surface area contributed by atoms with Gasteiger partial charge in [0.2, 0.25) is 0 Å². The van der Waals surface area contributed by atoms with Gasteiger partial charge in [-0.3, -0.25) is 16.2 Å². The third-order valence-corrected chi connectivity index (χ3v) is 3.67. The lowest BCUT2D eigenvalue weighted by Gasteiger charge is -2.43. The summed E-state index contributed by atoms with van der Waals surface area (Å²) in [7, 11) is 0. The highest BCUT2D eigenvalue weighted by Gasteiger charge is 2.34. The summed E-state index contributed by atoms with van der Waals surface area (Å²) in [6, 6.07) is 3.14. The molecule has 0 saturated carbocycles. The second kappa shape index (κ2) is 6.41. The van der Waals surface area contributed by atoms with Crippen molar-refractivity contribution < 1.29 is 8.78 Å². The summed E-state index contributed by atoms with van der Waals surface area (Å²) in [6.07, 6.45) is 0. The van der Waals surface area contributed by atoms with Crippen LogP contribution in [0.15, 0.2) is 18.2 Å². The van der Waals surface area contributed by atoms with Crippen molar-refractivity contribution in [3.8, 4) is 0 Å². The van der Waals surface area contributed by atoms with Crippen LogP contribution < -0.4 is 11.3 Å². The average Bonchev–Trinajstić information content (AvgIpc) is 2.29. The number of nitrogens with zero attached hydrogens (tertiary/aromatic N) is 1. The molecule has 0 aliphatic rings. The minimum atomic E-state index is -0.592. The molecule has 0 saturated heterocycles. The first kappa shape index (κ1) is 16.0. The Bertz CT molecular complexity index is 397. The van der Waals surface area contributed by atoms with Crippen molar-refractivity contribution >= 4 is 0 Å². The molecule has 1 aromatic rings. The first-order valence-corrected chi connectivity index (χ1v) is 6.53. The highest BCUT2D eigenvalue weighted by atomic mass is 19.1. The summed E-state index contributed by atoms with van der Waals surface area (Å²) in [5.41, 5.74) is 2.84. The Kier molecular flexibility index (Phi) is 5.40. The van der Waals surface area contributed by atoms with Gasteiger partial charge >= 0.3 is 0 Å². The average molecular weight is 271 g/mol. The monoisotopic (exact) mass is 271 g/mol. The van der Waals surface area contributed by atoms with Crippen molar-refractivity contribution in [2.75, 3.05) is 13.1 Å². The van der Waals surface area contributed by atoms with Crippen molar-refractivity contribution in [3.63, 3.8) is 0 Å². The molecule has 0 spiro atoms. The molecule has 1 rings (SSSR count). The van der Waals surface area contributed by atoms with Gasteiger partial charge in [0.05, 0.1) is 6.04 Å². The van der Waals surface area contributed by atoms with E-state index >= 15 is 0 Å². The van der Waals surface area contributed by atoms with Gasteiger partial charge in [-0.1, -0.05) is 13.8 Å². The van der Waals surface area contributed by atoms with Gasteiger partial charge in [-0.15, -0.1) is 0 Å². The molecule has 108 valence electrons. The lowest BCUT2D eigenvalue weighted by Crippen LogP contribution is -2.54. The van der Waals surface area contributed by atoms with Crippen LogP contribution in [0.5, 0.6) is 0 Å². The molecule has 0 fully saturated rings. The van der Waals surface area contributed by atoms with Crippen LogP contribution in [0.25, 0.3) is 0 Å². The lowest BCUT2D eigenvalue weighted by atomic mass is 9.87. The van der Waals surface area contributed by atoms with E-state index in [1.165, 1.54) is 12.1 Å². The predicted molar refractivity (Wildman–Crippen MR) is 73.4 cm³/mol. The van der Waals surface area contributed by atoms with Gasteiger partial charge in [0.25, 0.3) is 0 Å². The number of hydrogen-bond donors (Lipinski definition) is 2. The van der Waals surface area contributed by atoms with Crippen molar-refractivity contribution in [1.82, 2.24) is 10.3 Å². The van der Waals surface area contributed by atoms with Gasteiger partial charge < -0.3 is 0 Å². The molecule has 0 aliphatic carbocycles. The maximum absolute atomic E-state index is 13.4. The Balaban J connectivity index is 3.18. The van der Waals surface area contributed by atoms with Gasteiger partial charge in [-0.05, 0) is 44.6 Å². The van der Waals surface area contributed by atoms with Gasteiger partial charge in [0, 0.05) is 11.6 Å². The highest BCUT2D eigenvalue weighted by molar-refractivity contribution is 5.24. The Labute approximate surface area is 113 Å². The molecular weight excluding hydrogens is 248 g/mol. The molecule has 0 heterocycles. The van der Waals surface area contributed by atoms with E-state index in [4.69, 9.17) is 5.84 Å². The van der Waals surface area contributed by atoms with Crippen LogP contribution in [0.2, 0.25) is 0 Å². The van der Waals surface area contributed by atoms with E-state index in [1.54, 1.807) is 0 Å². The second-order valence-corrected chi connectivity index (χ2v) is 5.13. The molecule has 0 aliphatic heterocycles. The Morgan fingerprint density at radius 2 is 1.63 bits per heavy atom. The fourth-order valence-electron chi connectivity index (χ4n) is 2.67. The topological polar surface area (TPSA) is 41.3 Å². The largest absolute Gasteiger partial charge is 0.297 e. The van der Waals surface area contributed by atoms with E-state index in [1.807, 2.05) is 27.7 Å². The standard InChI is InChI=1S/C14H23F2N3/c1-5-19(6-2)14(3,4)13(18-17)10-7-11(15)9-12(16)8-10/h7-9,13,18H,5-6,17H2,1-4H3. The van der Waals surface area contributed by atoms with Crippen LogP contribution in [-0.2, 0) is 0 Å². The van der Waals surface area contributed by atoms with E-state index in [2.05, 4.69) is 10.3 Å². The maximum atomic E-state index is 13.4. The minimum Gasteiger partial charge on any atom is -0.297 e. The molecule has 1 aromatic carbocycles. The first-order valence-electron chi connectivity index (χ1n) is 6.53. The van der Waals surface area contributed by atoms with E-state index in [0.29, 0.717) is 5.56 Å². The third kappa shape index (κ3) is 3.49. The van der Waals surface area contributed by atoms with E-state index in [-0.39, 0.29) is 11.6 Å². The molecule has 1 atom stereocenters. The van der Waals surface area contributed by atoms with Gasteiger partial charge in [-0.25, -0.2) is 8.78 Å². The molecule has 5 heteroatoms. The summed E-state index contributed by atoms with van der Waals surface area (Å²) in [5, 5.41) is 0. The maximum Gasteiger partial charge on any atom is 0.126 e. The Hall–Kier alpha value is -1.04. The summed E-state index contributed by atoms with van der Waals surface area (Å²) in [5.74, 6) is 4.43. The van der Waals surface area contributed by atoms with Crippen molar-refractivity contribution in [3.05, 3.63) is 35.4 Å². The first-order chi connectivity index (χ1) is 8.86. The van der Waals surface area contributed by atoms with Crippen LogP contribution >= 0.6 is 0 Å². The number of halogens is 2. The summed E-state index contributed by atoms with van der Waals surface area (Å²) >= 11 is 0. The SMILES string of the molecule is CCN(CC)C(C)(C)C(NN)c1cc(F)cc(F)c1. The number of hydrazine groups is 1. The summed E-state index contributed by atoms with van der Waals surface area (Å²) in [4.78, 5) is 2.19. The number of nitrogens with one attached hydrogen (secondary N) is 1. The van der Waals surface area contributed by atoms with Crippen LogP contribution in [0.4, 0.5) is 8.78 Å². The molecule has 1 unspecified atom stereocenters. The normalized spacial score (nSPS) is 13.9. The van der Waals surface area contributed by atoms with Gasteiger partial charge in [0.1, 0.15) is 11.6 Å². The third-order valence-electron chi connectivity index (χ3n) is 3.67. The fourth-order valence-corrected chi connectivity index (χ4v) is 2.67. The van der Waals surface area contributed by atoms with Gasteiger partial charge in [0.15, 0.2) is 0 Å². The van der Waals surface area contributed by atoms with Crippen LogP contribution in [0.3, 0.4) is 0 Å². The van der Waals surface area contributed by atoms with Crippen LogP contribution in [-0.4, -0.2) is 23.5 Å². The van der Waals surface area contributed by atoms with E-state index in [9.17, 15) is 8.78 Å². The van der Waals surface area contributed by atoms with Crippen LogP contribution in [0, 0.1) is 11.6 Å². The quantitative estimate of drug-likeness (QED) is 0.617. The molecule has 19 heavy (non-hydrogen) atoms. The van der Waals surface area contributed by atoms with Crippen molar-refractivity contribution in [1.29, 1.82) is 0 Å². The number of benzene rings is 1. The zero-order valence-corrected chi connectivity index (χ0v) is 12.0. The Morgan fingerprint density at radius 1 is 1.16 bits per heavy atom. The zero-order chi connectivity index (χ0) is 14.6. The molecule has 0 aromatic heterocycles. The molecule has 0 radical (unpaired) electrons. The smallest absolute Gasteiger partial charge is 0.126 e. The zero-order valence-electron chi connectivity index (χ0n) is 12.0. The minimum absolute atomic E-state index is 0.363. The number of rotatable bonds is 6. The van der Waals surface area contributed by atoms with E-state index < -0.39 is 11.6 Å². The number of nitrogens with two attached hydrogens (primary N) is 1. The highest BCUT2D eigenvalue weighted by Crippen LogP contribution is 2.31. The predicted octanol–water partition coefficient (Wildman–Crippen LogP) is 2.59. The second-order valence-electron chi connectivity index (χ2n) is 5.13. The molecule has 3 N–H and O–H groups in total. The summed E-state index contributed by atoms with van der Waals surface area (Å²) < 4.78 is 26.7. The number of hydrogen-bond acceptors (Lipinski definition) is 3. The molecular formula is C14H23F2N3. The molecule has 0 amide bonds. The van der Waals surface area contributed by atoms with E-state index in [0.717, 1.165) is 19.2 Å². The lowest BCUT2D eigenvalue weighted by molar-refractivity contribution is 0.0910.